The fraction of sp³-hybridized carbons (Fsp3) is 0.114. The van der Waals surface area contributed by atoms with Gasteiger partial charge in [-0.05, 0) is 42.7 Å². The molecule has 2 aliphatic heterocycles. The largest absolute Gasteiger partial charge is 0.233 e. The van der Waals surface area contributed by atoms with E-state index in [9.17, 15) is 0 Å². The third-order valence-electron chi connectivity index (χ3n) is 7.58. The van der Waals surface area contributed by atoms with Crippen LogP contribution in [0.5, 0.6) is 0 Å². The van der Waals surface area contributed by atoms with Crippen LogP contribution in [0.3, 0.4) is 0 Å². The molecule has 0 aromatic heterocycles. The van der Waals surface area contributed by atoms with Gasteiger partial charge in [0.25, 0.3) is 0 Å². The molecular formula is C35H28N2S2. The minimum atomic E-state index is -0.487. The molecule has 4 heteroatoms. The lowest BCUT2D eigenvalue weighted by atomic mass is 9.81. The minimum Gasteiger partial charge on any atom is -0.233 e. The molecule has 1 atom stereocenters. The number of benzene rings is 5. The summed E-state index contributed by atoms with van der Waals surface area (Å²) in [6.45, 7) is 4.31. The maximum Gasteiger partial charge on any atom is 0.187 e. The molecule has 1 spiro atoms. The second kappa shape index (κ2) is 9.48. The third-order valence-corrected chi connectivity index (χ3v) is 10.9. The van der Waals surface area contributed by atoms with Crippen molar-refractivity contribution < 1.29 is 0 Å². The van der Waals surface area contributed by atoms with Crippen LogP contribution < -0.4 is 5.01 Å². The molecule has 190 valence electrons. The van der Waals surface area contributed by atoms with Gasteiger partial charge in [-0.2, -0.15) is 5.10 Å². The van der Waals surface area contributed by atoms with Crippen LogP contribution in [-0.2, 0) is 8.95 Å². The van der Waals surface area contributed by atoms with E-state index in [2.05, 4.69) is 152 Å². The predicted molar refractivity (Wildman–Crippen MR) is 167 cm³/mol. The van der Waals surface area contributed by atoms with Crippen molar-refractivity contribution in [3.63, 3.8) is 0 Å². The summed E-state index contributed by atoms with van der Waals surface area (Å²) in [5, 5.41) is 8.63. The average molecular weight is 541 g/mol. The molecule has 0 radical (unpaired) electrons. The monoisotopic (exact) mass is 540 g/mol. The smallest absolute Gasteiger partial charge is 0.187 e. The van der Waals surface area contributed by atoms with Crippen molar-refractivity contribution in [3.05, 3.63) is 172 Å². The van der Waals surface area contributed by atoms with Crippen LogP contribution in [0.25, 0.3) is 0 Å². The van der Waals surface area contributed by atoms with Crippen molar-refractivity contribution in [3.8, 4) is 0 Å². The van der Waals surface area contributed by atoms with E-state index in [1.165, 1.54) is 33.4 Å². The van der Waals surface area contributed by atoms with Gasteiger partial charge in [0.2, 0.25) is 0 Å². The first kappa shape index (κ1) is 24.3. The van der Waals surface area contributed by atoms with Crippen molar-refractivity contribution in [1.82, 2.24) is 0 Å². The second-order valence-electron chi connectivity index (χ2n) is 10.2. The molecule has 39 heavy (non-hydrogen) atoms. The normalized spacial score (nSPS) is 19.2. The Kier molecular flexibility index (Phi) is 5.91. The van der Waals surface area contributed by atoms with Crippen molar-refractivity contribution in [2.45, 2.75) is 22.8 Å². The SMILES string of the molecule is Cc1ccc(C2(c3ccc(C)cc3)S[C@]3(SC(c4ccccc4)=NN3c3ccccc3)c3ccccc32)cc1. The molecule has 2 aliphatic rings. The van der Waals surface area contributed by atoms with Crippen LogP contribution in [0.15, 0.2) is 139 Å². The van der Waals surface area contributed by atoms with Crippen LogP contribution in [0, 0.1) is 13.8 Å². The molecule has 2 nitrogen and oxygen atoms in total. The van der Waals surface area contributed by atoms with Gasteiger partial charge in [-0.3, -0.25) is 0 Å². The number of aryl methyl sites for hydroxylation is 2. The lowest BCUT2D eigenvalue weighted by Gasteiger charge is -2.37. The first-order chi connectivity index (χ1) is 19.1. The van der Waals surface area contributed by atoms with Crippen LogP contribution in [0.4, 0.5) is 5.69 Å². The van der Waals surface area contributed by atoms with Gasteiger partial charge in [0.05, 0.1) is 10.4 Å². The Labute approximate surface area is 238 Å². The Bertz CT molecular complexity index is 1620. The zero-order valence-electron chi connectivity index (χ0n) is 21.9. The maximum atomic E-state index is 5.34. The first-order valence-corrected chi connectivity index (χ1v) is 14.9. The fourth-order valence-corrected chi connectivity index (χ4v) is 9.30. The molecule has 0 aliphatic carbocycles. The summed E-state index contributed by atoms with van der Waals surface area (Å²) in [5.41, 5.74) is 9.93. The Morgan fingerprint density at radius 1 is 0.564 bits per heavy atom. The lowest BCUT2D eigenvalue weighted by molar-refractivity contribution is 0.806. The van der Waals surface area contributed by atoms with Crippen LogP contribution >= 0.6 is 23.5 Å². The van der Waals surface area contributed by atoms with Gasteiger partial charge in [-0.1, -0.05) is 156 Å². The van der Waals surface area contributed by atoms with E-state index in [1.807, 2.05) is 23.5 Å². The van der Waals surface area contributed by atoms with E-state index < -0.39 is 8.95 Å². The Morgan fingerprint density at radius 3 is 1.67 bits per heavy atom. The topological polar surface area (TPSA) is 15.6 Å². The molecule has 0 amide bonds. The van der Waals surface area contributed by atoms with E-state index in [0.717, 1.165) is 16.3 Å². The van der Waals surface area contributed by atoms with Gasteiger partial charge < -0.3 is 0 Å². The van der Waals surface area contributed by atoms with Crippen LogP contribution in [0.2, 0.25) is 0 Å². The first-order valence-electron chi connectivity index (χ1n) is 13.2. The third kappa shape index (κ3) is 3.85. The molecule has 0 saturated heterocycles. The van der Waals surface area contributed by atoms with Crippen LogP contribution in [-0.4, -0.2) is 5.04 Å². The van der Waals surface area contributed by atoms with Gasteiger partial charge in [0.1, 0.15) is 5.04 Å². The number of para-hydroxylation sites is 1. The molecule has 0 N–H and O–H groups in total. The van der Waals surface area contributed by atoms with Gasteiger partial charge in [0, 0.05) is 11.1 Å². The van der Waals surface area contributed by atoms with Crippen molar-refractivity contribution in [2.75, 3.05) is 5.01 Å². The molecule has 0 fully saturated rings. The minimum absolute atomic E-state index is 0.403. The maximum absolute atomic E-state index is 5.34. The molecule has 5 aromatic carbocycles. The van der Waals surface area contributed by atoms with Gasteiger partial charge in [0.15, 0.2) is 4.20 Å². The van der Waals surface area contributed by atoms with Crippen molar-refractivity contribution >= 4 is 34.3 Å². The quantitative estimate of drug-likeness (QED) is 0.226. The molecule has 7 rings (SSSR count). The highest BCUT2D eigenvalue weighted by Crippen LogP contribution is 2.71. The van der Waals surface area contributed by atoms with Crippen molar-refractivity contribution in [1.29, 1.82) is 0 Å². The van der Waals surface area contributed by atoms with E-state index in [0.29, 0.717) is 0 Å². The summed E-state index contributed by atoms with van der Waals surface area (Å²) in [6.07, 6.45) is 0. The second-order valence-corrected chi connectivity index (χ2v) is 13.0. The molecular weight excluding hydrogens is 513 g/mol. The number of anilines is 1. The summed E-state index contributed by atoms with van der Waals surface area (Å²) < 4.78 is -0.890. The summed E-state index contributed by atoms with van der Waals surface area (Å²) in [4.78, 5) is 0. The zero-order valence-corrected chi connectivity index (χ0v) is 23.5. The summed E-state index contributed by atoms with van der Waals surface area (Å²) >= 11 is 3.85. The number of rotatable bonds is 4. The van der Waals surface area contributed by atoms with E-state index in [4.69, 9.17) is 5.10 Å². The van der Waals surface area contributed by atoms with E-state index >= 15 is 0 Å². The standard InChI is InChI=1S/C35H28N2S2/c1-25-17-21-28(22-18-25)34(29-23-19-26(2)20-24-29)31-15-9-10-16-32(31)35(39-34)37(30-13-7-4-8-14-30)36-33(38-35)27-11-5-3-6-12-27/h3-24H,1-2H3/t35-/m1/s1. The molecule has 2 heterocycles. The average Bonchev–Trinajstić information content (AvgIpc) is 3.52. The highest BCUT2D eigenvalue weighted by Gasteiger charge is 2.61. The highest BCUT2D eigenvalue weighted by atomic mass is 32.2. The Balaban J connectivity index is 1.50. The van der Waals surface area contributed by atoms with E-state index in [1.54, 1.807) is 0 Å². The fourth-order valence-electron chi connectivity index (χ4n) is 5.63. The predicted octanol–water partition coefficient (Wildman–Crippen LogP) is 9.07. The summed E-state index contributed by atoms with van der Waals surface area (Å²) in [5.74, 6) is 0. The molecule has 0 unspecified atom stereocenters. The Hall–Kier alpha value is -3.73. The number of hydrogen-bond donors (Lipinski definition) is 0. The van der Waals surface area contributed by atoms with Crippen LogP contribution in [0.1, 0.15) is 38.9 Å². The van der Waals surface area contributed by atoms with Crippen molar-refractivity contribution in [2.24, 2.45) is 5.10 Å². The highest BCUT2D eigenvalue weighted by molar-refractivity contribution is 8.26. The lowest BCUT2D eigenvalue weighted by Crippen LogP contribution is -2.33. The molecule has 0 saturated carbocycles. The number of thioether (sulfide) groups is 2. The number of hydrazone groups is 1. The van der Waals surface area contributed by atoms with Gasteiger partial charge >= 0.3 is 0 Å². The summed E-state index contributed by atoms with van der Waals surface area (Å²) in [7, 11) is 0. The number of fused-ring (bicyclic) bond motifs is 2. The molecule has 0 bridgehead atoms. The van der Waals surface area contributed by atoms with Gasteiger partial charge in [-0.15, -0.1) is 0 Å². The zero-order chi connectivity index (χ0) is 26.5. The summed E-state index contributed by atoms with van der Waals surface area (Å²) in [6, 6.07) is 48.3. The van der Waals surface area contributed by atoms with Gasteiger partial charge in [-0.25, -0.2) is 5.01 Å². The Morgan fingerprint density at radius 2 is 1.08 bits per heavy atom. The molecule has 5 aromatic rings. The number of hydrogen-bond acceptors (Lipinski definition) is 4. The number of nitrogens with zero attached hydrogens (tertiary/aromatic N) is 2. The van der Waals surface area contributed by atoms with E-state index in [-0.39, 0.29) is 0 Å².